The van der Waals surface area contributed by atoms with Gasteiger partial charge in [0.2, 0.25) is 0 Å². The zero-order valence-electron chi connectivity index (χ0n) is 10.8. The highest BCUT2D eigenvalue weighted by atomic mass is 32.1. The van der Waals surface area contributed by atoms with E-state index in [4.69, 9.17) is 21.3 Å². The quantitative estimate of drug-likeness (QED) is 0.634. The van der Waals surface area contributed by atoms with Gasteiger partial charge in [0.15, 0.2) is 4.73 Å². The van der Waals surface area contributed by atoms with Gasteiger partial charge in [0.05, 0.1) is 13.2 Å². The third kappa shape index (κ3) is 4.18. The second kappa shape index (κ2) is 7.00. The number of anilines is 1. The van der Waals surface area contributed by atoms with Crippen molar-refractivity contribution in [2.45, 2.75) is 20.8 Å². The average Bonchev–Trinajstić information content (AvgIpc) is 2.32. The molecule has 0 radical (unpaired) electrons. The lowest BCUT2D eigenvalue weighted by Crippen LogP contribution is -2.13. The summed E-state index contributed by atoms with van der Waals surface area (Å²) in [5.74, 6) is 0. The molecule has 0 bridgehead atoms. The van der Waals surface area contributed by atoms with Crippen LogP contribution in [0.25, 0.3) is 0 Å². The number of hydrogen-bond acceptors (Lipinski definition) is 4. The molecule has 18 heavy (non-hydrogen) atoms. The van der Waals surface area contributed by atoms with E-state index in [1.165, 1.54) is 0 Å². The summed E-state index contributed by atoms with van der Waals surface area (Å²) in [6, 6.07) is 7.61. The average molecular weight is 287 g/mol. The van der Waals surface area contributed by atoms with Crippen molar-refractivity contribution >= 4 is 30.2 Å². The summed E-state index contributed by atoms with van der Waals surface area (Å²) in [7, 11) is -3.37. The molecule has 0 saturated carbocycles. The number of thiocarbonyl (C=S) groups is 1. The molecular formula is C12H18NO3PS. The molecule has 100 valence electrons. The Bertz CT molecular complexity index is 437. The van der Waals surface area contributed by atoms with Gasteiger partial charge < -0.3 is 14.4 Å². The molecule has 4 nitrogen and oxygen atoms in total. The molecule has 1 N–H and O–H groups in total. The molecule has 6 heteroatoms. The predicted molar refractivity (Wildman–Crippen MR) is 78.3 cm³/mol. The maximum absolute atomic E-state index is 12.3. The Morgan fingerprint density at radius 2 is 1.72 bits per heavy atom. The summed E-state index contributed by atoms with van der Waals surface area (Å²) in [6.45, 7) is 6.06. The van der Waals surface area contributed by atoms with Gasteiger partial charge in [-0.05, 0) is 32.9 Å². The molecule has 0 fully saturated rings. The molecule has 0 aliphatic carbocycles. The van der Waals surface area contributed by atoms with E-state index in [1.54, 1.807) is 13.8 Å². The lowest BCUT2D eigenvalue weighted by atomic mass is 10.2. The minimum Gasteiger partial charge on any atom is -0.340 e. The zero-order chi connectivity index (χ0) is 13.6. The van der Waals surface area contributed by atoms with Crippen LogP contribution in [0.5, 0.6) is 0 Å². The Kier molecular flexibility index (Phi) is 5.96. The Labute approximate surface area is 113 Å². The van der Waals surface area contributed by atoms with Crippen LogP contribution in [-0.2, 0) is 13.6 Å². The fraction of sp³-hybridized carbons (Fsp3) is 0.417. The molecule has 0 aliphatic rings. The summed E-state index contributed by atoms with van der Waals surface area (Å²) in [6.07, 6.45) is 0. The van der Waals surface area contributed by atoms with Gasteiger partial charge in [0, 0.05) is 5.69 Å². The zero-order valence-corrected chi connectivity index (χ0v) is 12.5. The minimum absolute atomic E-state index is 0.0926. The number of nitrogens with one attached hydrogen (secondary N) is 1. The summed E-state index contributed by atoms with van der Waals surface area (Å²) < 4.78 is 22.7. The van der Waals surface area contributed by atoms with E-state index in [1.807, 2.05) is 31.2 Å². The molecule has 1 aromatic carbocycles. The Balaban J connectivity index is 2.78. The van der Waals surface area contributed by atoms with Gasteiger partial charge in [-0.1, -0.05) is 29.9 Å². The van der Waals surface area contributed by atoms with Crippen LogP contribution in [0.15, 0.2) is 24.3 Å². The third-order valence-corrected chi connectivity index (χ3v) is 4.73. The summed E-state index contributed by atoms with van der Waals surface area (Å²) in [5, 5.41) is 2.90. The van der Waals surface area contributed by atoms with Crippen LogP contribution < -0.4 is 5.32 Å². The first-order chi connectivity index (χ1) is 8.51. The normalized spacial score (nSPS) is 11.3. The van der Waals surface area contributed by atoms with Crippen LogP contribution >= 0.6 is 19.8 Å². The maximum atomic E-state index is 12.3. The van der Waals surface area contributed by atoms with E-state index in [0.29, 0.717) is 0 Å². The molecular weight excluding hydrogens is 269 g/mol. The Hall–Kier alpha value is -0.740. The van der Waals surface area contributed by atoms with Crippen LogP contribution in [0.3, 0.4) is 0 Å². The van der Waals surface area contributed by atoms with Crippen LogP contribution in [-0.4, -0.2) is 17.9 Å². The van der Waals surface area contributed by atoms with Gasteiger partial charge in [0.1, 0.15) is 0 Å². The first kappa shape index (κ1) is 15.3. The van der Waals surface area contributed by atoms with E-state index in [2.05, 4.69) is 5.32 Å². The molecule has 0 aromatic heterocycles. The van der Waals surface area contributed by atoms with Crippen LogP contribution in [0.4, 0.5) is 5.69 Å². The first-order valence-corrected chi connectivity index (χ1v) is 7.74. The third-order valence-electron chi connectivity index (χ3n) is 2.15. The first-order valence-electron chi connectivity index (χ1n) is 5.79. The minimum atomic E-state index is -3.37. The highest BCUT2D eigenvalue weighted by Gasteiger charge is 2.30. The number of rotatable bonds is 6. The SMILES string of the molecule is CCOP(=O)(OCC)C(=S)Nc1ccc(C)cc1. The summed E-state index contributed by atoms with van der Waals surface area (Å²) >= 11 is 5.11. The van der Waals surface area contributed by atoms with E-state index < -0.39 is 7.60 Å². The van der Waals surface area contributed by atoms with Crippen molar-refractivity contribution in [2.24, 2.45) is 0 Å². The fourth-order valence-corrected chi connectivity index (χ4v) is 3.01. The van der Waals surface area contributed by atoms with Gasteiger partial charge in [0.25, 0.3) is 0 Å². The van der Waals surface area contributed by atoms with Crippen molar-refractivity contribution in [3.05, 3.63) is 29.8 Å². The van der Waals surface area contributed by atoms with Crippen molar-refractivity contribution in [1.82, 2.24) is 0 Å². The molecule has 0 saturated heterocycles. The highest BCUT2D eigenvalue weighted by molar-refractivity contribution is 7.98. The molecule has 1 rings (SSSR count). The van der Waals surface area contributed by atoms with Gasteiger partial charge in [-0.3, -0.25) is 4.57 Å². The highest BCUT2D eigenvalue weighted by Crippen LogP contribution is 2.49. The van der Waals surface area contributed by atoms with Crippen molar-refractivity contribution in [3.63, 3.8) is 0 Å². The number of hydrogen-bond donors (Lipinski definition) is 1. The van der Waals surface area contributed by atoms with E-state index >= 15 is 0 Å². The maximum Gasteiger partial charge on any atom is 0.388 e. The van der Waals surface area contributed by atoms with Gasteiger partial charge in [-0.25, -0.2) is 0 Å². The topological polar surface area (TPSA) is 47.6 Å². The van der Waals surface area contributed by atoms with Crippen LogP contribution in [0.2, 0.25) is 0 Å². The van der Waals surface area contributed by atoms with E-state index in [0.717, 1.165) is 11.3 Å². The van der Waals surface area contributed by atoms with Crippen molar-refractivity contribution < 1.29 is 13.6 Å². The molecule has 0 atom stereocenters. The monoisotopic (exact) mass is 287 g/mol. The van der Waals surface area contributed by atoms with Crippen LogP contribution in [0, 0.1) is 6.92 Å². The summed E-state index contributed by atoms with van der Waals surface area (Å²) in [5.41, 5.74) is 1.91. The number of benzene rings is 1. The van der Waals surface area contributed by atoms with Gasteiger partial charge in [-0.2, -0.15) is 0 Å². The standard InChI is InChI=1S/C12H18NO3PS/c1-4-15-17(14,16-5-2)12(18)13-11-8-6-10(3)7-9-11/h6-9H,4-5H2,1-3H3,(H,13,18). The van der Waals surface area contributed by atoms with Gasteiger partial charge >= 0.3 is 7.60 Å². The molecule has 1 aromatic rings. The second-order valence-electron chi connectivity index (χ2n) is 3.63. The van der Waals surface area contributed by atoms with Crippen LogP contribution in [0.1, 0.15) is 19.4 Å². The number of aryl methyl sites for hydroxylation is 1. The Morgan fingerprint density at radius 1 is 1.22 bits per heavy atom. The van der Waals surface area contributed by atoms with Crippen molar-refractivity contribution in [3.8, 4) is 0 Å². The largest absolute Gasteiger partial charge is 0.388 e. The van der Waals surface area contributed by atoms with E-state index in [9.17, 15) is 4.57 Å². The molecule has 0 unspecified atom stereocenters. The lowest BCUT2D eigenvalue weighted by molar-refractivity contribution is 0.233. The summed E-state index contributed by atoms with van der Waals surface area (Å²) in [4.78, 5) is 0. The molecule has 0 amide bonds. The predicted octanol–water partition coefficient (Wildman–Crippen LogP) is 3.96. The molecule has 0 heterocycles. The van der Waals surface area contributed by atoms with Crippen molar-refractivity contribution in [2.75, 3.05) is 18.5 Å². The van der Waals surface area contributed by atoms with Gasteiger partial charge in [-0.15, -0.1) is 0 Å². The fourth-order valence-electron chi connectivity index (χ4n) is 1.32. The smallest absolute Gasteiger partial charge is 0.340 e. The molecule has 0 spiro atoms. The Morgan fingerprint density at radius 3 is 2.17 bits per heavy atom. The second-order valence-corrected chi connectivity index (χ2v) is 6.30. The lowest BCUT2D eigenvalue weighted by Gasteiger charge is -2.18. The van der Waals surface area contributed by atoms with Crippen molar-refractivity contribution in [1.29, 1.82) is 0 Å². The molecule has 0 aliphatic heterocycles. The van der Waals surface area contributed by atoms with E-state index in [-0.39, 0.29) is 17.9 Å².